The zero-order chi connectivity index (χ0) is 14.1. The van der Waals surface area contributed by atoms with Crippen LogP contribution in [-0.4, -0.2) is 16.1 Å². The van der Waals surface area contributed by atoms with Crippen LogP contribution in [0.1, 0.15) is 12.6 Å². The minimum absolute atomic E-state index is 0.852. The molecular formula is C16H16BrN3. The second-order valence-corrected chi connectivity index (χ2v) is 5.57. The van der Waals surface area contributed by atoms with Gasteiger partial charge in [-0.1, -0.05) is 40.2 Å². The number of nitrogens with zero attached hydrogens (tertiary/aromatic N) is 2. The van der Waals surface area contributed by atoms with E-state index in [0.717, 1.165) is 28.3 Å². The SMILES string of the molecule is CCNc1nc(C)cn1-c1ccc(Br)c2ccccc12. The summed E-state index contributed by atoms with van der Waals surface area (Å²) in [7, 11) is 0. The summed E-state index contributed by atoms with van der Waals surface area (Å²) in [5.74, 6) is 0.887. The normalized spacial score (nSPS) is 10.9. The predicted octanol–water partition coefficient (Wildman–Crippen LogP) is 4.53. The highest BCUT2D eigenvalue weighted by molar-refractivity contribution is 9.10. The van der Waals surface area contributed by atoms with Crippen LogP contribution >= 0.6 is 15.9 Å². The third-order valence-electron chi connectivity index (χ3n) is 3.27. The van der Waals surface area contributed by atoms with Crippen molar-refractivity contribution in [2.45, 2.75) is 13.8 Å². The van der Waals surface area contributed by atoms with E-state index in [9.17, 15) is 0 Å². The molecule has 1 heterocycles. The van der Waals surface area contributed by atoms with E-state index in [2.05, 4.69) is 80.3 Å². The van der Waals surface area contributed by atoms with Crippen molar-refractivity contribution in [3.8, 4) is 5.69 Å². The number of halogens is 1. The summed E-state index contributed by atoms with van der Waals surface area (Å²) >= 11 is 3.62. The van der Waals surface area contributed by atoms with Crippen molar-refractivity contribution in [3.63, 3.8) is 0 Å². The second-order valence-electron chi connectivity index (χ2n) is 4.72. The molecule has 1 aromatic heterocycles. The first-order valence-corrected chi connectivity index (χ1v) is 7.47. The zero-order valence-electron chi connectivity index (χ0n) is 11.5. The summed E-state index contributed by atoms with van der Waals surface area (Å²) in [6, 6.07) is 12.6. The fraction of sp³-hybridized carbons (Fsp3) is 0.188. The highest BCUT2D eigenvalue weighted by Gasteiger charge is 2.10. The molecule has 0 aliphatic heterocycles. The maximum absolute atomic E-state index is 4.55. The molecule has 0 aliphatic carbocycles. The van der Waals surface area contributed by atoms with Crippen molar-refractivity contribution in [2.24, 2.45) is 0 Å². The Morgan fingerprint density at radius 3 is 2.65 bits per heavy atom. The van der Waals surface area contributed by atoms with Crippen LogP contribution in [0.25, 0.3) is 16.5 Å². The van der Waals surface area contributed by atoms with Gasteiger partial charge in [0, 0.05) is 22.6 Å². The molecule has 20 heavy (non-hydrogen) atoms. The average molecular weight is 330 g/mol. The average Bonchev–Trinajstić information content (AvgIpc) is 2.81. The van der Waals surface area contributed by atoms with Gasteiger partial charge in [-0.05, 0) is 31.4 Å². The minimum atomic E-state index is 0.852. The fourth-order valence-corrected chi connectivity index (χ4v) is 2.90. The van der Waals surface area contributed by atoms with E-state index in [1.54, 1.807) is 0 Å². The van der Waals surface area contributed by atoms with E-state index < -0.39 is 0 Å². The Bertz CT molecular complexity index is 762. The van der Waals surface area contributed by atoms with Gasteiger partial charge in [-0.25, -0.2) is 4.98 Å². The number of rotatable bonds is 3. The molecule has 0 atom stereocenters. The summed E-state index contributed by atoms with van der Waals surface area (Å²) in [5.41, 5.74) is 2.15. The van der Waals surface area contributed by atoms with Gasteiger partial charge in [0.25, 0.3) is 0 Å². The maximum atomic E-state index is 4.55. The monoisotopic (exact) mass is 329 g/mol. The predicted molar refractivity (Wildman–Crippen MR) is 87.7 cm³/mol. The van der Waals surface area contributed by atoms with Crippen molar-refractivity contribution in [1.82, 2.24) is 9.55 Å². The molecule has 1 N–H and O–H groups in total. The van der Waals surface area contributed by atoms with Gasteiger partial charge in [0.1, 0.15) is 0 Å². The molecule has 3 rings (SSSR count). The van der Waals surface area contributed by atoms with Crippen LogP contribution in [0, 0.1) is 6.92 Å². The van der Waals surface area contributed by atoms with Crippen LogP contribution in [0.5, 0.6) is 0 Å². The second kappa shape index (κ2) is 5.29. The number of fused-ring (bicyclic) bond motifs is 1. The molecule has 0 bridgehead atoms. The van der Waals surface area contributed by atoms with Gasteiger partial charge in [0.05, 0.1) is 11.4 Å². The molecule has 102 valence electrons. The summed E-state index contributed by atoms with van der Waals surface area (Å²) in [6.45, 7) is 4.94. The quantitative estimate of drug-likeness (QED) is 0.765. The Balaban J connectivity index is 2.27. The summed E-state index contributed by atoms with van der Waals surface area (Å²) in [6.07, 6.45) is 2.06. The minimum Gasteiger partial charge on any atom is -0.356 e. The molecule has 3 nitrogen and oxygen atoms in total. The van der Waals surface area contributed by atoms with E-state index in [0.29, 0.717) is 0 Å². The number of aryl methyl sites for hydroxylation is 1. The first-order chi connectivity index (χ1) is 9.70. The van der Waals surface area contributed by atoms with Gasteiger partial charge in [-0.15, -0.1) is 0 Å². The highest BCUT2D eigenvalue weighted by Crippen LogP contribution is 2.30. The summed E-state index contributed by atoms with van der Waals surface area (Å²) in [5, 5.41) is 5.73. The number of hydrogen-bond donors (Lipinski definition) is 1. The first kappa shape index (κ1) is 13.2. The molecule has 0 aliphatic rings. The third-order valence-corrected chi connectivity index (χ3v) is 3.96. The van der Waals surface area contributed by atoms with E-state index in [-0.39, 0.29) is 0 Å². The number of nitrogens with one attached hydrogen (secondary N) is 1. The molecule has 0 fully saturated rings. The third kappa shape index (κ3) is 2.20. The van der Waals surface area contributed by atoms with Gasteiger partial charge < -0.3 is 5.32 Å². The number of aromatic nitrogens is 2. The fourth-order valence-electron chi connectivity index (χ4n) is 2.42. The Hall–Kier alpha value is -1.81. The molecule has 0 amide bonds. The van der Waals surface area contributed by atoms with Crippen LogP contribution in [0.3, 0.4) is 0 Å². The lowest BCUT2D eigenvalue weighted by Crippen LogP contribution is -2.05. The van der Waals surface area contributed by atoms with Gasteiger partial charge in [-0.2, -0.15) is 0 Å². The lowest BCUT2D eigenvalue weighted by Gasteiger charge is -2.12. The molecule has 3 aromatic rings. The molecule has 0 spiro atoms. The molecule has 0 radical (unpaired) electrons. The number of anilines is 1. The maximum Gasteiger partial charge on any atom is 0.207 e. The van der Waals surface area contributed by atoms with Crippen LogP contribution in [0.15, 0.2) is 47.1 Å². The van der Waals surface area contributed by atoms with Crippen LogP contribution in [0.2, 0.25) is 0 Å². The Labute approximate surface area is 126 Å². The molecule has 0 unspecified atom stereocenters. The summed E-state index contributed by atoms with van der Waals surface area (Å²) in [4.78, 5) is 4.55. The lowest BCUT2D eigenvalue weighted by molar-refractivity contribution is 1.03. The lowest BCUT2D eigenvalue weighted by atomic mass is 10.1. The summed E-state index contributed by atoms with van der Waals surface area (Å²) < 4.78 is 3.23. The van der Waals surface area contributed by atoms with Crippen molar-refractivity contribution < 1.29 is 0 Å². The highest BCUT2D eigenvalue weighted by atomic mass is 79.9. The van der Waals surface area contributed by atoms with Gasteiger partial charge in [0.15, 0.2) is 0 Å². The zero-order valence-corrected chi connectivity index (χ0v) is 13.1. The van der Waals surface area contributed by atoms with Crippen LogP contribution in [0.4, 0.5) is 5.95 Å². The number of hydrogen-bond acceptors (Lipinski definition) is 2. The molecule has 2 aromatic carbocycles. The standard InChI is InChI=1S/C16H16BrN3/c1-3-18-16-19-11(2)10-20(16)15-9-8-14(17)12-6-4-5-7-13(12)15/h4-10H,3H2,1-2H3,(H,18,19). The number of benzene rings is 2. The largest absolute Gasteiger partial charge is 0.356 e. The molecule has 0 saturated heterocycles. The molecule has 0 saturated carbocycles. The van der Waals surface area contributed by atoms with Gasteiger partial charge >= 0.3 is 0 Å². The van der Waals surface area contributed by atoms with E-state index in [4.69, 9.17) is 0 Å². The Morgan fingerprint density at radius 1 is 1.15 bits per heavy atom. The Morgan fingerprint density at radius 2 is 1.90 bits per heavy atom. The first-order valence-electron chi connectivity index (χ1n) is 6.68. The van der Waals surface area contributed by atoms with Crippen molar-refractivity contribution in [3.05, 3.63) is 52.8 Å². The molecular weight excluding hydrogens is 314 g/mol. The Kier molecular flexibility index (Phi) is 3.49. The van der Waals surface area contributed by atoms with Crippen LogP contribution in [-0.2, 0) is 0 Å². The van der Waals surface area contributed by atoms with Gasteiger partial charge in [0.2, 0.25) is 5.95 Å². The smallest absolute Gasteiger partial charge is 0.207 e. The topological polar surface area (TPSA) is 29.9 Å². The van der Waals surface area contributed by atoms with E-state index in [1.807, 2.05) is 6.92 Å². The molecule has 4 heteroatoms. The van der Waals surface area contributed by atoms with Gasteiger partial charge in [-0.3, -0.25) is 4.57 Å². The van der Waals surface area contributed by atoms with E-state index in [1.165, 1.54) is 10.8 Å². The number of imidazole rings is 1. The van der Waals surface area contributed by atoms with Crippen molar-refractivity contribution in [2.75, 3.05) is 11.9 Å². The van der Waals surface area contributed by atoms with E-state index >= 15 is 0 Å². The van der Waals surface area contributed by atoms with Crippen molar-refractivity contribution in [1.29, 1.82) is 0 Å². The van der Waals surface area contributed by atoms with Crippen molar-refractivity contribution >= 4 is 32.7 Å². The van der Waals surface area contributed by atoms with Crippen LogP contribution < -0.4 is 5.32 Å².